The Balaban J connectivity index is 2.32. The second-order valence-electron chi connectivity index (χ2n) is 4.94. The summed E-state index contributed by atoms with van der Waals surface area (Å²) in [6, 6.07) is 0.640. The molecule has 2 atom stereocenters. The van der Waals surface area contributed by atoms with Crippen LogP contribution in [0.2, 0.25) is 0 Å². The van der Waals surface area contributed by atoms with E-state index in [0.717, 1.165) is 12.5 Å². The molecule has 0 aliphatic carbocycles. The van der Waals surface area contributed by atoms with Gasteiger partial charge in [0.15, 0.2) is 0 Å². The number of nitrogens with zero attached hydrogens (tertiary/aromatic N) is 1. The van der Waals surface area contributed by atoms with Crippen molar-refractivity contribution in [1.82, 2.24) is 4.90 Å². The van der Waals surface area contributed by atoms with Crippen molar-refractivity contribution in [3.8, 4) is 0 Å². The lowest BCUT2D eigenvalue weighted by Crippen LogP contribution is -2.46. The minimum atomic E-state index is 0.640. The van der Waals surface area contributed by atoms with Crippen LogP contribution in [0.1, 0.15) is 39.0 Å². The summed E-state index contributed by atoms with van der Waals surface area (Å²) < 4.78 is 0. The minimum Gasteiger partial charge on any atom is -0.329 e. The number of hydrogen-bond donors (Lipinski definition) is 1. The SMILES string of the molecule is CCC1CCCN(C(CN)CCCSC)C1. The van der Waals surface area contributed by atoms with E-state index in [1.807, 2.05) is 11.8 Å². The molecule has 0 bridgehead atoms. The maximum atomic E-state index is 5.92. The van der Waals surface area contributed by atoms with E-state index >= 15 is 0 Å². The van der Waals surface area contributed by atoms with E-state index in [4.69, 9.17) is 5.73 Å². The van der Waals surface area contributed by atoms with E-state index in [1.165, 1.54) is 50.9 Å². The molecule has 0 spiro atoms. The van der Waals surface area contributed by atoms with Crippen molar-refractivity contribution in [1.29, 1.82) is 0 Å². The highest BCUT2D eigenvalue weighted by molar-refractivity contribution is 7.98. The van der Waals surface area contributed by atoms with Crippen LogP contribution in [0.15, 0.2) is 0 Å². The van der Waals surface area contributed by atoms with Gasteiger partial charge in [0.25, 0.3) is 0 Å². The zero-order chi connectivity index (χ0) is 11.8. The predicted octanol–water partition coefficient (Wildman–Crippen LogP) is 2.58. The van der Waals surface area contributed by atoms with E-state index in [1.54, 1.807) is 0 Å². The third-order valence-corrected chi connectivity index (χ3v) is 4.50. The molecule has 1 saturated heterocycles. The Hall–Kier alpha value is 0.270. The molecule has 0 radical (unpaired) electrons. The van der Waals surface area contributed by atoms with Crippen molar-refractivity contribution < 1.29 is 0 Å². The summed E-state index contributed by atoms with van der Waals surface area (Å²) in [6.07, 6.45) is 8.92. The maximum Gasteiger partial charge on any atom is 0.0218 e. The molecule has 0 aromatic carbocycles. The summed E-state index contributed by atoms with van der Waals surface area (Å²) in [7, 11) is 0. The van der Waals surface area contributed by atoms with Gasteiger partial charge in [0.2, 0.25) is 0 Å². The first-order valence-corrected chi connectivity index (χ1v) is 8.14. The van der Waals surface area contributed by atoms with Gasteiger partial charge in [-0.1, -0.05) is 13.3 Å². The van der Waals surface area contributed by atoms with Crippen LogP contribution in [0, 0.1) is 5.92 Å². The summed E-state index contributed by atoms with van der Waals surface area (Å²) >= 11 is 1.95. The highest BCUT2D eigenvalue weighted by Crippen LogP contribution is 2.22. The normalized spacial score (nSPS) is 24.6. The number of rotatable bonds is 7. The number of piperidine rings is 1. The zero-order valence-electron chi connectivity index (χ0n) is 11.0. The molecule has 3 heteroatoms. The van der Waals surface area contributed by atoms with Crippen LogP contribution >= 0.6 is 11.8 Å². The molecule has 1 aliphatic rings. The lowest BCUT2D eigenvalue weighted by Gasteiger charge is -2.37. The second kappa shape index (κ2) is 8.37. The topological polar surface area (TPSA) is 29.3 Å². The molecule has 0 amide bonds. The highest BCUT2D eigenvalue weighted by atomic mass is 32.2. The van der Waals surface area contributed by atoms with Gasteiger partial charge in [-0.25, -0.2) is 0 Å². The van der Waals surface area contributed by atoms with Gasteiger partial charge in [-0.05, 0) is 50.2 Å². The lowest BCUT2D eigenvalue weighted by molar-refractivity contribution is 0.118. The molecule has 1 fully saturated rings. The first-order chi connectivity index (χ1) is 7.81. The van der Waals surface area contributed by atoms with Crippen LogP contribution in [0.5, 0.6) is 0 Å². The zero-order valence-corrected chi connectivity index (χ0v) is 11.8. The fraction of sp³-hybridized carbons (Fsp3) is 1.00. The van der Waals surface area contributed by atoms with Gasteiger partial charge in [0.05, 0.1) is 0 Å². The van der Waals surface area contributed by atoms with Crippen LogP contribution in [-0.2, 0) is 0 Å². The maximum absolute atomic E-state index is 5.92. The van der Waals surface area contributed by atoms with Crippen molar-refractivity contribution in [2.45, 2.75) is 45.1 Å². The Morgan fingerprint density at radius 1 is 1.50 bits per heavy atom. The molecule has 2 N–H and O–H groups in total. The standard InChI is InChI=1S/C13H28N2S/c1-3-12-6-4-8-15(11-12)13(10-14)7-5-9-16-2/h12-13H,3-11,14H2,1-2H3. The first-order valence-electron chi connectivity index (χ1n) is 6.74. The fourth-order valence-electron chi connectivity index (χ4n) is 2.67. The number of likely N-dealkylation sites (tertiary alicyclic amines) is 1. The average Bonchev–Trinajstić information content (AvgIpc) is 2.35. The monoisotopic (exact) mass is 244 g/mol. The number of hydrogen-bond acceptors (Lipinski definition) is 3. The van der Waals surface area contributed by atoms with Crippen molar-refractivity contribution in [2.24, 2.45) is 11.7 Å². The Bertz CT molecular complexity index is 175. The van der Waals surface area contributed by atoms with Gasteiger partial charge >= 0.3 is 0 Å². The third-order valence-electron chi connectivity index (χ3n) is 3.80. The molecule has 2 nitrogen and oxygen atoms in total. The minimum absolute atomic E-state index is 0.640. The largest absolute Gasteiger partial charge is 0.329 e. The van der Waals surface area contributed by atoms with Gasteiger partial charge < -0.3 is 5.73 Å². The molecule has 96 valence electrons. The molecule has 1 rings (SSSR count). The molecular formula is C13H28N2S. The Kier molecular flexibility index (Phi) is 7.50. The highest BCUT2D eigenvalue weighted by Gasteiger charge is 2.23. The van der Waals surface area contributed by atoms with Gasteiger partial charge in [-0.15, -0.1) is 0 Å². The molecule has 0 saturated carbocycles. The summed E-state index contributed by atoms with van der Waals surface area (Å²) in [6.45, 7) is 5.72. The van der Waals surface area contributed by atoms with Gasteiger partial charge in [0, 0.05) is 19.1 Å². The quantitative estimate of drug-likeness (QED) is 0.698. The molecule has 0 aromatic heterocycles. The summed E-state index contributed by atoms with van der Waals surface area (Å²) in [5, 5.41) is 0. The molecule has 0 aromatic rings. The third kappa shape index (κ3) is 4.64. The van der Waals surface area contributed by atoms with Crippen molar-refractivity contribution in [2.75, 3.05) is 31.6 Å². The van der Waals surface area contributed by atoms with Crippen LogP contribution in [-0.4, -0.2) is 42.6 Å². The van der Waals surface area contributed by atoms with E-state index in [-0.39, 0.29) is 0 Å². The summed E-state index contributed by atoms with van der Waals surface area (Å²) in [4.78, 5) is 2.65. The van der Waals surface area contributed by atoms with Crippen LogP contribution in [0.25, 0.3) is 0 Å². The Morgan fingerprint density at radius 2 is 2.31 bits per heavy atom. The summed E-state index contributed by atoms with van der Waals surface area (Å²) in [5.74, 6) is 2.20. The molecule has 1 aliphatic heterocycles. The number of nitrogens with two attached hydrogens (primary N) is 1. The molecule has 1 heterocycles. The Labute approximate surface area is 105 Å². The molecular weight excluding hydrogens is 216 g/mol. The van der Waals surface area contributed by atoms with E-state index in [9.17, 15) is 0 Å². The van der Waals surface area contributed by atoms with Crippen molar-refractivity contribution >= 4 is 11.8 Å². The van der Waals surface area contributed by atoms with Gasteiger partial charge in [-0.2, -0.15) is 11.8 Å². The van der Waals surface area contributed by atoms with E-state index in [0.29, 0.717) is 6.04 Å². The van der Waals surface area contributed by atoms with Gasteiger partial charge in [0.1, 0.15) is 0 Å². The summed E-state index contributed by atoms with van der Waals surface area (Å²) in [5.41, 5.74) is 5.92. The van der Waals surface area contributed by atoms with Gasteiger partial charge in [-0.3, -0.25) is 4.90 Å². The fourth-order valence-corrected chi connectivity index (χ4v) is 3.13. The Morgan fingerprint density at radius 3 is 2.94 bits per heavy atom. The van der Waals surface area contributed by atoms with Crippen molar-refractivity contribution in [3.63, 3.8) is 0 Å². The van der Waals surface area contributed by atoms with Crippen LogP contribution < -0.4 is 5.73 Å². The number of thioether (sulfide) groups is 1. The van der Waals surface area contributed by atoms with Crippen LogP contribution in [0.3, 0.4) is 0 Å². The molecule has 2 unspecified atom stereocenters. The van der Waals surface area contributed by atoms with E-state index < -0.39 is 0 Å². The average molecular weight is 244 g/mol. The van der Waals surface area contributed by atoms with Crippen LogP contribution in [0.4, 0.5) is 0 Å². The lowest BCUT2D eigenvalue weighted by atomic mass is 9.94. The smallest absolute Gasteiger partial charge is 0.0218 e. The first kappa shape index (κ1) is 14.3. The van der Waals surface area contributed by atoms with E-state index in [2.05, 4.69) is 18.1 Å². The molecule has 16 heavy (non-hydrogen) atoms. The predicted molar refractivity (Wildman–Crippen MR) is 75.0 cm³/mol. The second-order valence-corrected chi connectivity index (χ2v) is 5.92. The van der Waals surface area contributed by atoms with Crippen molar-refractivity contribution in [3.05, 3.63) is 0 Å².